The maximum atomic E-state index is 12.0. The molecule has 0 amide bonds. The van der Waals surface area contributed by atoms with Crippen LogP contribution < -0.4 is 16.2 Å². The van der Waals surface area contributed by atoms with E-state index in [1.807, 2.05) is 20.8 Å². The molecule has 6 heteroatoms. The molecular weight excluding hydrogens is 765 g/mol. The van der Waals surface area contributed by atoms with Crippen LogP contribution in [-0.2, 0) is 6.42 Å². The highest BCUT2D eigenvalue weighted by Gasteiger charge is 2.18. The number of nitrogens with one attached hydrogen (secondary N) is 1. The molecule has 62 heavy (non-hydrogen) atoms. The van der Waals surface area contributed by atoms with Gasteiger partial charge in [-0.3, -0.25) is 9.59 Å². The maximum Gasteiger partial charge on any atom is 0.249 e. The Morgan fingerprint density at radius 2 is 0.726 bits per heavy atom. The van der Waals surface area contributed by atoms with E-state index in [1.165, 1.54) is 212 Å². The summed E-state index contributed by atoms with van der Waals surface area (Å²) in [5, 5.41) is 17.3. The summed E-state index contributed by atoms with van der Waals surface area (Å²) >= 11 is 0. The molecule has 0 aliphatic carbocycles. The minimum absolute atomic E-state index is 0.278. The summed E-state index contributed by atoms with van der Waals surface area (Å²) in [6.45, 7) is 25.5. The highest BCUT2D eigenvalue weighted by molar-refractivity contribution is 5.56. The lowest BCUT2D eigenvalue weighted by Crippen LogP contribution is -2.38. The van der Waals surface area contributed by atoms with Crippen molar-refractivity contribution in [3.8, 4) is 12.8 Å². The first kappa shape index (κ1) is 69.1. The molecule has 0 saturated heterocycles. The van der Waals surface area contributed by atoms with Crippen LogP contribution in [0.15, 0.2) is 22.7 Å². The van der Waals surface area contributed by atoms with E-state index in [0.717, 1.165) is 45.6 Å². The number of hydrogen-bond acceptors (Lipinski definition) is 6. The molecule has 6 nitrogen and oxygen atoms in total. The molecule has 1 aromatic carbocycles. The zero-order valence-electron chi connectivity index (χ0n) is 43.5. The highest BCUT2D eigenvalue weighted by atomic mass is 16.2. The van der Waals surface area contributed by atoms with Crippen molar-refractivity contribution in [1.29, 1.82) is 0 Å². The average molecular weight is 878 g/mol. The van der Waals surface area contributed by atoms with Crippen LogP contribution in [0.3, 0.4) is 0 Å². The molecule has 1 rings (SSSR count). The molecule has 0 aromatic heterocycles. The van der Waals surface area contributed by atoms with E-state index in [1.54, 1.807) is 0 Å². The van der Waals surface area contributed by atoms with Gasteiger partial charge in [-0.1, -0.05) is 235 Å². The minimum Gasteiger partial charge on any atom is -0.400 e. The van der Waals surface area contributed by atoms with Crippen LogP contribution in [0, 0.1) is 24.7 Å². The molecular formula is C56H112N2O4. The van der Waals surface area contributed by atoms with E-state index in [4.69, 9.17) is 10.2 Å². The number of terminal acetylenes is 1. The van der Waals surface area contributed by atoms with Gasteiger partial charge in [0.1, 0.15) is 0 Å². The lowest BCUT2D eigenvalue weighted by molar-refractivity contribution is 0.259. The standard InChI is InChI=1S/C48H92N2O2.C2H6.C2H4.C2H2.2CH4O/c1-6-11-24-33-43(34-25-12-7-2)37-28-20-16-15-18-22-30-40-50(42-32-39-49-46-45(10-5)47(51)48(46)52)41-31-23-19-17-21-29-38-44(35-26-13-8-3)36-27-14-9-4;5*1-2/h43-44,49H,6-42H2,1-5H3;1-2H3;1-2H2;1-2H;2*2H,1H3. The van der Waals surface area contributed by atoms with Gasteiger partial charge in [-0.15, -0.1) is 26.0 Å². The zero-order valence-corrected chi connectivity index (χ0v) is 43.5. The van der Waals surface area contributed by atoms with Gasteiger partial charge in [-0.2, -0.15) is 0 Å². The number of rotatable bonds is 41. The van der Waals surface area contributed by atoms with Gasteiger partial charge in [0.25, 0.3) is 0 Å². The Bertz CT molecular complexity index is 1010. The van der Waals surface area contributed by atoms with Crippen LogP contribution in [0.2, 0.25) is 0 Å². The third-order valence-electron chi connectivity index (χ3n) is 12.1. The second kappa shape index (κ2) is 61.1. The Morgan fingerprint density at radius 3 is 1.03 bits per heavy atom. The van der Waals surface area contributed by atoms with Crippen LogP contribution in [0.1, 0.15) is 259 Å². The molecule has 0 aliphatic rings. The molecule has 0 fully saturated rings. The number of nitrogens with zero attached hydrogens (tertiary/aromatic N) is 1. The first-order valence-electron chi connectivity index (χ1n) is 26.5. The van der Waals surface area contributed by atoms with Gasteiger partial charge < -0.3 is 20.4 Å². The Hall–Kier alpha value is -1.94. The van der Waals surface area contributed by atoms with Crippen molar-refractivity contribution in [2.45, 2.75) is 260 Å². The van der Waals surface area contributed by atoms with E-state index in [-0.39, 0.29) is 10.9 Å². The number of aliphatic hydroxyl groups is 2. The summed E-state index contributed by atoms with van der Waals surface area (Å²) in [5.41, 5.74) is 0.704. The van der Waals surface area contributed by atoms with Gasteiger partial charge >= 0.3 is 0 Å². The first-order chi connectivity index (χ1) is 30.5. The van der Waals surface area contributed by atoms with Crippen molar-refractivity contribution in [1.82, 2.24) is 4.90 Å². The SMILES string of the molecule is C#C.C=C.CC.CCCCCC(CCCCC)CCCCCCCCCN(CCCCCCCCC(CCCCC)CCCCC)CCCNc1c(CC)c(=O)c1=O.CO.CO. The Morgan fingerprint density at radius 1 is 0.452 bits per heavy atom. The van der Waals surface area contributed by atoms with Crippen LogP contribution in [0.25, 0.3) is 0 Å². The van der Waals surface area contributed by atoms with Crippen LogP contribution in [-0.4, -0.2) is 55.5 Å². The smallest absolute Gasteiger partial charge is 0.249 e. The molecule has 370 valence electrons. The van der Waals surface area contributed by atoms with Crippen molar-refractivity contribution in [3.05, 3.63) is 39.2 Å². The summed E-state index contributed by atoms with van der Waals surface area (Å²) in [6, 6.07) is 0. The van der Waals surface area contributed by atoms with Gasteiger partial charge in [-0.25, -0.2) is 0 Å². The van der Waals surface area contributed by atoms with E-state index in [2.05, 4.69) is 63.9 Å². The molecule has 0 saturated carbocycles. The number of hydrogen-bond donors (Lipinski definition) is 3. The van der Waals surface area contributed by atoms with Crippen molar-refractivity contribution in [2.75, 3.05) is 45.7 Å². The highest BCUT2D eigenvalue weighted by Crippen LogP contribution is 2.25. The minimum atomic E-state index is -0.309. The zero-order chi connectivity index (χ0) is 47.9. The monoisotopic (exact) mass is 877 g/mol. The molecule has 3 N–H and O–H groups in total. The summed E-state index contributed by atoms with van der Waals surface area (Å²) < 4.78 is 0. The molecule has 0 aliphatic heterocycles. The molecule has 0 unspecified atom stereocenters. The van der Waals surface area contributed by atoms with Crippen LogP contribution >= 0.6 is 0 Å². The van der Waals surface area contributed by atoms with Crippen LogP contribution in [0.5, 0.6) is 0 Å². The largest absolute Gasteiger partial charge is 0.400 e. The first-order valence-corrected chi connectivity index (χ1v) is 26.5. The predicted octanol–water partition coefficient (Wildman–Crippen LogP) is 15.6. The molecule has 0 heterocycles. The summed E-state index contributed by atoms with van der Waals surface area (Å²) in [6.07, 6.45) is 53.3. The maximum absolute atomic E-state index is 12.0. The van der Waals surface area contributed by atoms with E-state index >= 15 is 0 Å². The topological polar surface area (TPSA) is 89.9 Å². The summed E-state index contributed by atoms with van der Waals surface area (Å²) in [4.78, 5) is 26.5. The van der Waals surface area contributed by atoms with Gasteiger partial charge in [0.2, 0.25) is 10.9 Å². The lowest BCUT2D eigenvalue weighted by atomic mass is 9.90. The Kier molecular flexibility index (Phi) is 68.2. The Balaban J connectivity index is -0.00000100. The fourth-order valence-corrected chi connectivity index (χ4v) is 8.54. The fourth-order valence-electron chi connectivity index (χ4n) is 8.54. The van der Waals surface area contributed by atoms with E-state index in [0.29, 0.717) is 17.7 Å². The van der Waals surface area contributed by atoms with Crippen molar-refractivity contribution in [2.24, 2.45) is 11.8 Å². The van der Waals surface area contributed by atoms with E-state index < -0.39 is 0 Å². The normalized spacial score (nSPS) is 10.5. The molecule has 0 atom stereocenters. The van der Waals surface area contributed by atoms with Crippen molar-refractivity contribution >= 4 is 5.69 Å². The molecule has 0 bridgehead atoms. The number of unbranched alkanes of at least 4 members (excludes halogenated alkanes) is 19. The van der Waals surface area contributed by atoms with Gasteiger partial charge in [0.05, 0.1) is 5.69 Å². The third kappa shape index (κ3) is 43.3. The molecule has 0 spiro atoms. The molecule has 0 radical (unpaired) electrons. The fraction of sp³-hybridized carbons (Fsp3) is 0.857. The van der Waals surface area contributed by atoms with Gasteiger partial charge in [0, 0.05) is 26.3 Å². The Labute approximate surface area is 389 Å². The predicted molar refractivity (Wildman–Crippen MR) is 282 cm³/mol. The second-order valence-electron chi connectivity index (χ2n) is 16.9. The quantitative estimate of drug-likeness (QED) is 0.0263. The summed E-state index contributed by atoms with van der Waals surface area (Å²) in [5.74, 6) is 1.96. The summed E-state index contributed by atoms with van der Waals surface area (Å²) in [7, 11) is 2.00. The number of anilines is 1. The van der Waals surface area contributed by atoms with E-state index in [9.17, 15) is 9.59 Å². The van der Waals surface area contributed by atoms with Crippen molar-refractivity contribution in [3.63, 3.8) is 0 Å². The lowest BCUT2D eigenvalue weighted by Gasteiger charge is -2.23. The third-order valence-corrected chi connectivity index (χ3v) is 12.1. The van der Waals surface area contributed by atoms with Crippen LogP contribution in [0.4, 0.5) is 5.69 Å². The van der Waals surface area contributed by atoms with Crippen molar-refractivity contribution < 1.29 is 10.2 Å². The molecule has 1 aromatic rings. The number of aliphatic hydroxyl groups excluding tert-OH is 2. The van der Waals surface area contributed by atoms with Gasteiger partial charge in [-0.05, 0) is 57.2 Å². The second-order valence-corrected chi connectivity index (χ2v) is 16.9. The van der Waals surface area contributed by atoms with Gasteiger partial charge in [0.15, 0.2) is 0 Å². The average Bonchev–Trinajstić information content (AvgIpc) is 3.32.